The first-order valence-electron chi connectivity index (χ1n) is 12.3. The highest BCUT2D eigenvalue weighted by Gasteiger charge is 2.33. The van der Waals surface area contributed by atoms with E-state index in [1.807, 2.05) is 27.7 Å². The number of carbonyl (C=O) groups excluding carboxylic acids is 2. The maximum atomic E-state index is 13.8. The number of nitrogens with one attached hydrogen (secondary N) is 1. The molecule has 0 heterocycles. The van der Waals surface area contributed by atoms with Gasteiger partial charge in [-0.15, -0.1) is 0 Å². The molecule has 0 radical (unpaired) electrons. The quantitative estimate of drug-likeness (QED) is 0.429. The third kappa shape index (κ3) is 7.41. The molecule has 1 unspecified atom stereocenters. The molecular weight excluding hydrogens is 505 g/mol. The van der Waals surface area contributed by atoms with E-state index in [0.717, 1.165) is 9.87 Å². The number of nitrogens with zero attached hydrogens (tertiary/aromatic N) is 2. The van der Waals surface area contributed by atoms with Crippen LogP contribution in [0.4, 0.5) is 10.1 Å². The molecule has 3 aromatic carbocycles. The van der Waals surface area contributed by atoms with E-state index in [2.05, 4.69) is 5.32 Å². The maximum Gasteiger partial charge on any atom is 0.264 e. The molecule has 0 aliphatic heterocycles. The standard InChI is InChI=1S/C29H34FN3O4S/c1-21-11-17-26(18-12-21)38(36,37)33(25-9-7-6-8-10-25)20-27(34)32(19-23-13-15-24(30)16-14-23)22(2)28(35)31-29(3,4)5/h6-18,22H,19-20H2,1-5H3,(H,31,35). The molecule has 0 fully saturated rings. The van der Waals surface area contributed by atoms with E-state index in [0.29, 0.717) is 11.3 Å². The summed E-state index contributed by atoms with van der Waals surface area (Å²) < 4.78 is 42.0. The lowest BCUT2D eigenvalue weighted by Gasteiger charge is -2.33. The van der Waals surface area contributed by atoms with Crippen LogP contribution in [0, 0.1) is 12.7 Å². The summed E-state index contributed by atoms with van der Waals surface area (Å²) in [5.74, 6) is -1.39. The molecule has 3 aromatic rings. The fourth-order valence-corrected chi connectivity index (χ4v) is 5.22. The van der Waals surface area contributed by atoms with Gasteiger partial charge in [0.15, 0.2) is 0 Å². The highest BCUT2D eigenvalue weighted by Crippen LogP contribution is 2.25. The minimum Gasteiger partial charge on any atom is -0.350 e. The van der Waals surface area contributed by atoms with Crippen LogP contribution in [0.5, 0.6) is 0 Å². The average molecular weight is 540 g/mol. The van der Waals surface area contributed by atoms with Gasteiger partial charge in [-0.05, 0) is 76.6 Å². The van der Waals surface area contributed by atoms with Gasteiger partial charge in [0.05, 0.1) is 10.6 Å². The Morgan fingerprint density at radius 2 is 1.50 bits per heavy atom. The number of aryl methyl sites for hydroxylation is 1. The second-order valence-electron chi connectivity index (χ2n) is 10.2. The molecule has 1 N–H and O–H groups in total. The molecule has 0 saturated heterocycles. The van der Waals surface area contributed by atoms with Gasteiger partial charge < -0.3 is 10.2 Å². The van der Waals surface area contributed by atoms with Crippen LogP contribution in [0.1, 0.15) is 38.8 Å². The Labute approximate surface area is 224 Å². The van der Waals surface area contributed by atoms with Gasteiger partial charge in [0.2, 0.25) is 11.8 Å². The van der Waals surface area contributed by atoms with Crippen molar-refractivity contribution < 1.29 is 22.4 Å². The molecule has 9 heteroatoms. The SMILES string of the molecule is Cc1ccc(S(=O)(=O)N(CC(=O)N(Cc2ccc(F)cc2)C(C)C(=O)NC(C)(C)C)c2ccccc2)cc1. The maximum absolute atomic E-state index is 13.8. The first-order chi connectivity index (χ1) is 17.8. The zero-order valence-corrected chi connectivity index (χ0v) is 23.1. The molecule has 0 aliphatic rings. The van der Waals surface area contributed by atoms with Gasteiger partial charge in [-0.3, -0.25) is 13.9 Å². The van der Waals surface area contributed by atoms with Crippen LogP contribution in [-0.2, 0) is 26.2 Å². The summed E-state index contributed by atoms with van der Waals surface area (Å²) >= 11 is 0. The van der Waals surface area contributed by atoms with Crippen molar-refractivity contribution in [2.45, 2.75) is 57.6 Å². The van der Waals surface area contributed by atoms with Crippen LogP contribution in [0.3, 0.4) is 0 Å². The van der Waals surface area contributed by atoms with Crippen LogP contribution in [-0.4, -0.2) is 43.3 Å². The van der Waals surface area contributed by atoms with Crippen molar-refractivity contribution in [3.05, 3.63) is 95.8 Å². The van der Waals surface area contributed by atoms with E-state index < -0.39 is 39.9 Å². The summed E-state index contributed by atoms with van der Waals surface area (Å²) in [7, 11) is -4.12. The zero-order valence-electron chi connectivity index (χ0n) is 22.3. The molecule has 38 heavy (non-hydrogen) atoms. The average Bonchev–Trinajstić information content (AvgIpc) is 2.86. The van der Waals surface area contributed by atoms with Crippen LogP contribution in [0.2, 0.25) is 0 Å². The Bertz CT molecular complexity index is 1350. The van der Waals surface area contributed by atoms with Crippen molar-refractivity contribution in [3.8, 4) is 0 Å². The Hall–Kier alpha value is -3.72. The zero-order chi connectivity index (χ0) is 28.1. The van der Waals surface area contributed by atoms with E-state index in [9.17, 15) is 22.4 Å². The number of benzene rings is 3. The van der Waals surface area contributed by atoms with Gasteiger partial charge in [0.25, 0.3) is 10.0 Å². The van der Waals surface area contributed by atoms with Crippen molar-refractivity contribution in [2.24, 2.45) is 0 Å². The van der Waals surface area contributed by atoms with E-state index in [4.69, 9.17) is 0 Å². The number of anilines is 1. The minimum atomic E-state index is -4.12. The van der Waals surface area contributed by atoms with Crippen molar-refractivity contribution in [3.63, 3.8) is 0 Å². The molecular formula is C29H34FN3O4S. The number of sulfonamides is 1. The number of carbonyl (C=O) groups is 2. The molecule has 2 amide bonds. The number of hydrogen-bond acceptors (Lipinski definition) is 4. The summed E-state index contributed by atoms with van der Waals surface area (Å²) in [6.07, 6.45) is 0. The topological polar surface area (TPSA) is 86.8 Å². The van der Waals surface area contributed by atoms with Gasteiger partial charge >= 0.3 is 0 Å². The summed E-state index contributed by atoms with van der Waals surface area (Å²) in [6.45, 7) is 8.38. The first kappa shape index (κ1) is 28.8. The van der Waals surface area contributed by atoms with Crippen LogP contribution in [0.15, 0.2) is 83.8 Å². The lowest BCUT2D eigenvalue weighted by atomic mass is 10.1. The smallest absolute Gasteiger partial charge is 0.264 e. The van der Waals surface area contributed by atoms with Crippen LogP contribution in [0.25, 0.3) is 0 Å². The molecule has 0 aliphatic carbocycles. The van der Waals surface area contributed by atoms with Gasteiger partial charge in [0, 0.05) is 12.1 Å². The van der Waals surface area contributed by atoms with Crippen LogP contribution >= 0.6 is 0 Å². The molecule has 7 nitrogen and oxygen atoms in total. The molecule has 3 rings (SSSR count). The summed E-state index contributed by atoms with van der Waals surface area (Å²) in [4.78, 5) is 28.2. The lowest BCUT2D eigenvalue weighted by Crippen LogP contribution is -2.54. The van der Waals surface area contributed by atoms with Gasteiger partial charge in [-0.1, -0.05) is 48.0 Å². The Balaban J connectivity index is 2.00. The van der Waals surface area contributed by atoms with E-state index in [-0.39, 0.29) is 17.3 Å². The molecule has 0 aromatic heterocycles. The lowest BCUT2D eigenvalue weighted by molar-refractivity contribution is -0.140. The van der Waals surface area contributed by atoms with Crippen molar-refractivity contribution in [2.75, 3.05) is 10.8 Å². The molecule has 0 saturated carbocycles. The predicted octanol–water partition coefficient (Wildman–Crippen LogP) is 4.66. The number of hydrogen-bond donors (Lipinski definition) is 1. The molecule has 0 bridgehead atoms. The highest BCUT2D eigenvalue weighted by atomic mass is 32.2. The minimum absolute atomic E-state index is 0.00888. The Morgan fingerprint density at radius 1 is 0.921 bits per heavy atom. The highest BCUT2D eigenvalue weighted by molar-refractivity contribution is 7.92. The summed E-state index contributed by atoms with van der Waals surface area (Å²) in [6, 6.07) is 19.4. The van der Waals surface area contributed by atoms with Gasteiger partial charge in [0.1, 0.15) is 18.4 Å². The van der Waals surface area contributed by atoms with Crippen molar-refractivity contribution in [1.29, 1.82) is 0 Å². The van der Waals surface area contributed by atoms with E-state index >= 15 is 0 Å². The van der Waals surface area contributed by atoms with Gasteiger partial charge in [-0.25, -0.2) is 12.8 Å². The van der Waals surface area contributed by atoms with Crippen molar-refractivity contribution in [1.82, 2.24) is 10.2 Å². The third-order valence-electron chi connectivity index (χ3n) is 5.86. The fourth-order valence-electron chi connectivity index (χ4n) is 3.80. The molecule has 1 atom stereocenters. The monoisotopic (exact) mass is 539 g/mol. The number of rotatable bonds is 9. The summed E-state index contributed by atoms with van der Waals surface area (Å²) in [5.41, 5.74) is 1.27. The largest absolute Gasteiger partial charge is 0.350 e. The molecule has 0 spiro atoms. The summed E-state index contributed by atoms with van der Waals surface area (Å²) in [5, 5.41) is 2.87. The van der Waals surface area contributed by atoms with E-state index in [1.165, 1.54) is 41.3 Å². The third-order valence-corrected chi connectivity index (χ3v) is 7.65. The van der Waals surface area contributed by atoms with Gasteiger partial charge in [-0.2, -0.15) is 0 Å². The van der Waals surface area contributed by atoms with Crippen molar-refractivity contribution >= 4 is 27.5 Å². The Morgan fingerprint density at radius 3 is 2.05 bits per heavy atom. The number of halogens is 1. The number of para-hydroxylation sites is 1. The number of amides is 2. The fraction of sp³-hybridized carbons (Fsp3) is 0.310. The normalized spacial score (nSPS) is 12.5. The van der Waals surface area contributed by atoms with E-state index in [1.54, 1.807) is 49.4 Å². The molecule has 202 valence electrons. The predicted molar refractivity (Wildman–Crippen MR) is 146 cm³/mol. The Kier molecular flexibility index (Phi) is 8.93. The van der Waals surface area contributed by atoms with Crippen LogP contribution < -0.4 is 9.62 Å². The second kappa shape index (κ2) is 11.8. The second-order valence-corrected chi connectivity index (χ2v) is 12.1. The first-order valence-corrected chi connectivity index (χ1v) is 13.7.